The molecule has 70 valence electrons. The van der Waals surface area contributed by atoms with E-state index in [0.717, 1.165) is 13.1 Å². The lowest BCUT2D eigenvalue weighted by atomic mass is 10.5. The van der Waals surface area contributed by atoms with E-state index in [0.29, 0.717) is 0 Å². The van der Waals surface area contributed by atoms with Gasteiger partial charge < -0.3 is 0 Å². The van der Waals surface area contributed by atoms with Crippen LogP contribution in [0.5, 0.6) is 0 Å². The second kappa shape index (κ2) is 6.89. The molecular formula is C10H21N2+. The summed E-state index contributed by atoms with van der Waals surface area (Å²) in [5.41, 5.74) is 0. The van der Waals surface area contributed by atoms with Crippen LogP contribution in [0.25, 0.3) is 0 Å². The largest absolute Gasteiger partial charge is 0.186 e. The summed E-state index contributed by atoms with van der Waals surface area (Å²) in [6, 6.07) is 0. The molecule has 0 atom stereocenters. The molecule has 0 rings (SSSR count). The zero-order chi connectivity index (χ0) is 9.40. The third-order valence-corrected chi connectivity index (χ3v) is 1.79. The van der Waals surface area contributed by atoms with Crippen molar-refractivity contribution >= 4 is 6.21 Å². The van der Waals surface area contributed by atoms with Gasteiger partial charge >= 0.3 is 0 Å². The first-order valence-electron chi connectivity index (χ1n) is 4.64. The number of rotatable bonds is 5. The third-order valence-electron chi connectivity index (χ3n) is 1.79. The summed E-state index contributed by atoms with van der Waals surface area (Å²) in [5, 5.41) is 2.21. The first kappa shape index (κ1) is 11.2. The number of allylic oxidation sites excluding steroid dienone is 1. The van der Waals surface area contributed by atoms with Gasteiger partial charge in [0.15, 0.2) is 12.8 Å². The molecule has 12 heavy (non-hydrogen) atoms. The lowest BCUT2D eigenvalue weighted by molar-refractivity contribution is -0.679. The Bertz CT molecular complexity index is 159. The van der Waals surface area contributed by atoms with Crippen molar-refractivity contribution in [3.63, 3.8) is 0 Å². The van der Waals surface area contributed by atoms with Crippen molar-refractivity contribution in [3.8, 4) is 0 Å². The quantitative estimate of drug-likeness (QED) is 0.264. The van der Waals surface area contributed by atoms with Crippen LogP contribution in [-0.4, -0.2) is 36.0 Å². The van der Waals surface area contributed by atoms with E-state index in [1.807, 2.05) is 6.92 Å². The molecule has 0 heterocycles. The van der Waals surface area contributed by atoms with Gasteiger partial charge in [-0.15, -0.1) is 4.68 Å². The summed E-state index contributed by atoms with van der Waals surface area (Å²) in [6.07, 6.45) is 7.54. The number of hydrogen-bond donors (Lipinski definition) is 0. The zero-order valence-electron chi connectivity index (χ0n) is 8.75. The maximum Gasteiger partial charge on any atom is 0.171 e. The Morgan fingerprint density at radius 3 is 2.42 bits per heavy atom. The van der Waals surface area contributed by atoms with Gasteiger partial charge in [0.05, 0.1) is 13.6 Å². The number of hydrogen-bond acceptors (Lipinski definition) is 1. The molecule has 0 N–H and O–H groups in total. The minimum atomic E-state index is 0.987. The standard InChI is InChI=1S/C10H21N2/c1-5-8-10-11(4)12(7-3)9-6-2/h5,7-8H,6,9-10H2,1-4H3/q+1. The molecule has 0 aliphatic rings. The fourth-order valence-electron chi connectivity index (χ4n) is 1.09. The first-order chi connectivity index (χ1) is 5.76. The smallest absolute Gasteiger partial charge is 0.171 e. The number of hydrazine groups is 1. The zero-order valence-corrected chi connectivity index (χ0v) is 8.75. The molecule has 0 saturated heterocycles. The van der Waals surface area contributed by atoms with E-state index < -0.39 is 0 Å². The van der Waals surface area contributed by atoms with Gasteiger partial charge in [-0.1, -0.05) is 19.1 Å². The summed E-state index contributed by atoms with van der Waals surface area (Å²) in [5.74, 6) is 0. The van der Waals surface area contributed by atoms with Crippen molar-refractivity contribution < 1.29 is 4.68 Å². The molecule has 2 nitrogen and oxygen atoms in total. The van der Waals surface area contributed by atoms with E-state index >= 15 is 0 Å². The van der Waals surface area contributed by atoms with Crippen LogP contribution in [0, 0.1) is 0 Å². The highest BCUT2D eigenvalue weighted by Gasteiger charge is 2.05. The number of nitrogens with zero attached hydrogens (tertiary/aromatic N) is 2. The predicted molar refractivity (Wildman–Crippen MR) is 54.6 cm³/mol. The SMILES string of the molecule is CC=CCN(C)[N+](=CC)CCC. The lowest BCUT2D eigenvalue weighted by Crippen LogP contribution is -2.32. The monoisotopic (exact) mass is 169 g/mol. The van der Waals surface area contributed by atoms with Crippen LogP contribution in [0.4, 0.5) is 0 Å². The highest BCUT2D eigenvalue weighted by atomic mass is 15.5. The van der Waals surface area contributed by atoms with Crippen LogP contribution < -0.4 is 0 Å². The van der Waals surface area contributed by atoms with Crippen LogP contribution in [0.2, 0.25) is 0 Å². The maximum atomic E-state index is 2.24. The van der Waals surface area contributed by atoms with Crippen molar-refractivity contribution in [1.29, 1.82) is 0 Å². The second-order valence-corrected chi connectivity index (χ2v) is 2.83. The minimum Gasteiger partial charge on any atom is -0.186 e. The van der Waals surface area contributed by atoms with Crippen LogP contribution in [0.15, 0.2) is 12.2 Å². The Labute approximate surface area is 76.2 Å². The summed E-state index contributed by atoms with van der Waals surface area (Å²) < 4.78 is 2.24. The van der Waals surface area contributed by atoms with E-state index in [1.54, 1.807) is 0 Å². The number of likely N-dealkylation sites (N-methyl/N-ethyl adjacent to an activating group) is 1. The summed E-state index contributed by atoms with van der Waals surface area (Å²) in [7, 11) is 2.11. The Balaban J connectivity index is 3.94. The second-order valence-electron chi connectivity index (χ2n) is 2.83. The molecule has 0 unspecified atom stereocenters. The Hall–Kier alpha value is -0.790. The molecule has 0 aliphatic carbocycles. The van der Waals surface area contributed by atoms with Crippen molar-refractivity contribution in [2.45, 2.75) is 27.2 Å². The van der Waals surface area contributed by atoms with Crippen molar-refractivity contribution in [2.24, 2.45) is 0 Å². The summed E-state index contributed by atoms with van der Waals surface area (Å²) in [4.78, 5) is 0. The average Bonchev–Trinajstić information content (AvgIpc) is 2.10. The van der Waals surface area contributed by atoms with Crippen molar-refractivity contribution in [1.82, 2.24) is 5.01 Å². The van der Waals surface area contributed by atoms with Crippen LogP contribution in [0.3, 0.4) is 0 Å². The molecule has 0 amide bonds. The normalized spacial score (nSPS) is 12.5. The predicted octanol–water partition coefficient (Wildman–Crippen LogP) is 1.92. The Morgan fingerprint density at radius 1 is 1.33 bits per heavy atom. The maximum absolute atomic E-state index is 2.24. The molecule has 2 heteroatoms. The fraction of sp³-hybridized carbons (Fsp3) is 0.700. The topological polar surface area (TPSA) is 6.25 Å². The molecule has 0 bridgehead atoms. The highest BCUT2D eigenvalue weighted by Crippen LogP contribution is 1.88. The van der Waals surface area contributed by atoms with E-state index in [-0.39, 0.29) is 0 Å². The third kappa shape index (κ3) is 4.16. The van der Waals surface area contributed by atoms with Gasteiger partial charge in [0.1, 0.15) is 0 Å². The van der Waals surface area contributed by atoms with Crippen molar-refractivity contribution in [3.05, 3.63) is 12.2 Å². The Morgan fingerprint density at radius 2 is 2.00 bits per heavy atom. The average molecular weight is 169 g/mol. The van der Waals surface area contributed by atoms with E-state index in [4.69, 9.17) is 0 Å². The highest BCUT2D eigenvalue weighted by molar-refractivity contribution is 5.46. The van der Waals surface area contributed by atoms with Gasteiger partial charge in [0.2, 0.25) is 0 Å². The van der Waals surface area contributed by atoms with E-state index in [1.165, 1.54) is 6.42 Å². The molecular weight excluding hydrogens is 148 g/mol. The summed E-state index contributed by atoms with van der Waals surface area (Å²) in [6.45, 7) is 8.40. The van der Waals surface area contributed by atoms with Gasteiger partial charge in [-0.25, -0.2) is 0 Å². The minimum absolute atomic E-state index is 0.987. The molecule has 0 aromatic heterocycles. The van der Waals surface area contributed by atoms with E-state index in [2.05, 4.69) is 49.0 Å². The van der Waals surface area contributed by atoms with Crippen molar-refractivity contribution in [2.75, 3.05) is 20.1 Å². The van der Waals surface area contributed by atoms with Crippen LogP contribution >= 0.6 is 0 Å². The molecule has 0 aromatic rings. The van der Waals surface area contributed by atoms with Crippen LogP contribution in [0.1, 0.15) is 27.2 Å². The molecule has 0 spiro atoms. The molecule has 0 fully saturated rings. The fourth-order valence-corrected chi connectivity index (χ4v) is 1.09. The van der Waals surface area contributed by atoms with Gasteiger partial charge in [0, 0.05) is 13.3 Å². The first-order valence-corrected chi connectivity index (χ1v) is 4.64. The lowest BCUT2D eigenvalue weighted by Gasteiger charge is -2.13. The van der Waals surface area contributed by atoms with Gasteiger partial charge in [-0.2, -0.15) is 5.01 Å². The molecule has 0 radical (unpaired) electrons. The van der Waals surface area contributed by atoms with Gasteiger partial charge in [0.25, 0.3) is 0 Å². The number of hydrazone groups is 1. The van der Waals surface area contributed by atoms with E-state index in [9.17, 15) is 0 Å². The summed E-state index contributed by atoms with van der Waals surface area (Å²) >= 11 is 0. The van der Waals surface area contributed by atoms with Crippen LogP contribution in [-0.2, 0) is 0 Å². The van der Waals surface area contributed by atoms with Gasteiger partial charge in [-0.3, -0.25) is 0 Å². The molecule has 0 aromatic carbocycles. The molecule has 0 aliphatic heterocycles. The molecule has 0 saturated carbocycles. The Kier molecular flexibility index (Phi) is 6.44. The van der Waals surface area contributed by atoms with Gasteiger partial charge in [-0.05, 0) is 6.92 Å².